The fourth-order valence-corrected chi connectivity index (χ4v) is 4.74. The molecule has 0 saturated heterocycles. The molecule has 33 heavy (non-hydrogen) atoms. The van der Waals surface area contributed by atoms with Crippen LogP contribution >= 0.6 is 0 Å². The normalized spacial score (nSPS) is 15.1. The lowest BCUT2D eigenvalue weighted by Gasteiger charge is -2.31. The van der Waals surface area contributed by atoms with Crippen LogP contribution in [0.15, 0.2) is 60.7 Å². The number of rotatable bonds is 8. The Morgan fingerprint density at radius 2 is 1.48 bits per heavy atom. The van der Waals surface area contributed by atoms with Crippen molar-refractivity contribution in [2.75, 3.05) is 18.5 Å². The molecule has 2 amide bonds. The average molecular weight is 447 g/mol. The van der Waals surface area contributed by atoms with Gasteiger partial charge in [0.25, 0.3) is 0 Å². The number of anilines is 1. The van der Waals surface area contributed by atoms with Crippen molar-refractivity contribution in [3.8, 4) is 11.5 Å². The van der Waals surface area contributed by atoms with Gasteiger partial charge in [0.05, 0.1) is 19.3 Å². The van der Waals surface area contributed by atoms with Gasteiger partial charge in [0, 0.05) is 5.69 Å². The summed E-state index contributed by atoms with van der Waals surface area (Å²) in [6, 6.07) is 20.0. The first kappa shape index (κ1) is 23.0. The highest BCUT2D eigenvalue weighted by atomic mass is 16.5. The van der Waals surface area contributed by atoms with E-state index >= 15 is 0 Å². The number of carbonyl (C=O) groups is 1. The number of fused-ring (bicyclic) bond motifs is 1. The zero-order valence-corrected chi connectivity index (χ0v) is 19.6. The van der Waals surface area contributed by atoms with E-state index in [2.05, 4.69) is 41.0 Å². The first-order valence-electron chi connectivity index (χ1n) is 12.1. The highest BCUT2D eigenvalue weighted by Crippen LogP contribution is 2.36. The lowest BCUT2D eigenvalue weighted by molar-refractivity contribution is 0.232. The first-order chi connectivity index (χ1) is 16.2. The van der Waals surface area contributed by atoms with E-state index in [0.717, 1.165) is 46.4 Å². The van der Waals surface area contributed by atoms with E-state index in [1.165, 1.54) is 19.3 Å². The summed E-state index contributed by atoms with van der Waals surface area (Å²) >= 11 is 0. The molecule has 0 bridgehead atoms. The molecule has 0 spiro atoms. The molecule has 0 heterocycles. The van der Waals surface area contributed by atoms with Crippen LogP contribution in [-0.2, 0) is 0 Å². The third-order valence-corrected chi connectivity index (χ3v) is 6.34. The zero-order valence-electron chi connectivity index (χ0n) is 19.6. The average Bonchev–Trinajstić information content (AvgIpc) is 2.84. The molecule has 1 unspecified atom stereocenters. The van der Waals surface area contributed by atoms with Crippen LogP contribution in [0.25, 0.3) is 10.8 Å². The van der Waals surface area contributed by atoms with Crippen molar-refractivity contribution in [2.24, 2.45) is 5.92 Å². The second kappa shape index (κ2) is 11.1. The molecule has 1 fully saturated rings. The van der Waals surface area contributed by atoms with Gasteiger partial charge in [0.1, 0.15) is 11.5 Å². The molecule has 1 aliphatic rings. The Balaban J connectivity index is 1.53. The number of nitrogens with one attached hydrogen (secondary N) is 2. The van der Waals surface area contributed by atoms with Crippen LogP contribution in [0.3, 0.4) is 0 Å². The number of benzene rings is 3. The summed E-state index contributed by atoms with van der Waals surface area (Å²) in [5, 5.41) is 8.57. The molecule has 5 nitrogen and oxygen atoms in total. The van der Waals surface area contributed by atoms with Crippen LogP contribution in [0, 0.1) is 5.92 Å². The number of urea groups is 1. The van der Waals surface area contributed by atoms with Crippen molar-refractivity contribution in [1.29, 1.82) is 0 Å². The monoisotopic (exact) mass is 446 g/mol. The maximum Gasteiger partial charge on any atom is 0.319 e. The molecule has 1 saturated carbocycles. The molecule has 4 rings (SSSR count). The lowest BCUT2D eigenvalue weighted by atomic mass is 9.81. The minimum Gasteiger partial charge on any atom is -0.494 e. The number of carbonyl (C=O) groups excluding carboxylic acids is 1. The smallest absolute Gasteiger partial charge is 0.319 e. The lowest BCUT2D eigenvalue weighted by Crippen LogP contribution is -2.37. The molecule has 174 valence electrons. The molecular weight excluding hydrogens is 412 g/mol. The standard InChI is InChI=1S/C28H34N2O3/c1-3-32-25-16-13-24(14-17-25)29-28(31)30-27(20-8-6-5-7-9-20)23-11-10-22-19-26(33-4-2)15-12-21(22)18-23/h10-20,27H,3-9H2,1-2H3,(H2,29,30,31). The molecule has 0 aliphatic heterocycles. The number of hydrogen-bond acceptors (Lipinski definition) is 3. The van der Waals surface area contributed by atoms with Gasteiger partial charge in [-0.15, -0.1) is 0 Å². The Morgan fingerprint density at radius 3 is 2.21 bits per heavy atom. The van der Waals surface area contributed by atoms with E-state index in [1.54, 1.807) is 0 Å². The van der Waals surface area contributed by atoms with Crippen molar-refractivity contribution in [3.05, 3.63) is 66.2 Å². The van der Waals surface area contributed by atoms with Crippen LogP contribution in [-0.4, -0.2) is 19.2 Å². The van der Waals surface area contributed by atoms with Gasteiger partial charge in [-0.1, -0.05) is 37.5 Å². The summed E-state index contributed by atoms with van der Waals surface area (Å²) in [6.45, 7) is 5.22. The van der Waals surface area contributed by atoms with Gasteiger partial charge in [-0.2, -0.15) is 0 Å². The molecule has 2 N–H and O–H groups in total. The SMILES string of the molecule is CCOc1ccc(NC(=O)NC(c2ccc3cc(OCC)ccc3c2)C2CCCCC2)cc1. The van der Waals surface area contributed by atoms with Gasteiger partial charge in [-0.3, -0.25) is 0 Å². The fourth-order valence-electron chi connectivity index (χ4n) is 4.74. The predicted octanol–water partition coefficient (Wildman–Crippen LogP) is 7.08. The van der Waals surface area contributed by atoms with Crippen LogP contribution < -0.4 is 20.1 Å². The van der Waals surface area contributed by atoms with Crippen LogP contribution in [0.1, 0.15) is 57.6 Å². The predicted molar refractivity (Wildman–Crippen MR) is 134 cm³/mol. The summed E-state index contributed by atoms with van der Waals surface area (Å²) in [5.74, 6) is 2.12. The van der Waals surface area contributed by atoms with Gasteiger partial charge in [-0.05, 0) is 91.4 Å². The van der Waals surface area contributed by atoms with E-state index in [9.17, 15) is 4.79 Å². The summed E-state index contributed by atoms with van der Waals surface area (Å²) in [6.07, 6.45) is 5.98. The van der Waals surface area contributed by atoms with E-state index in [-0.39, 0.29) is 12.1 Å². The topological polar surface area (TPSA) is 59.6 Å². The summed E-state index contributed by atoms with van der Waals surface area (Å²) in [4.78, 5) is 13.0. The van der Waals surface area contributed by atoms with Gasteiger partial charge < -0.3 is 20.1 Å². The highest BCUT2D eigenvalue weighted by molar-refractivity contribution is 5.90. The van der Waals surface area contributed by atoms with E-state index in [4.69, 9.17) is 9.47 Å². The Morgan fingerprint density at radius 1 is 0.848 bits per heavy atom. The van der Waals surface area contributed by atoms with Crippen molar-refractivity contribution in [2.45, 2.75) is 52.0 Å². The Hall–Kier alpha value is -3.21. The Bertz CT molecular complexity index is 1060. The van der Waals surface area contributed by atoms with E-state index < -0.39 is 0 Å². The molecule has 3 aromatic rings. The number of hydrogen-bond donors (Lipinski definition) is 2. The molecule has 5 heteroatoms. The second-order valence-electron chi connectivity index (χ2n) is 8.63. The summed E-state index contributed by atoms with van der Waals surface area (Å²) in [7, 11) is 0. The molecule has 1 atom stereocenters. The van der Waals surface area contributed by atoms with Gasteiger partial charge in [0.2, 0.25) is 0 Å². The largest absolute Gasteiger partial charge is 0.494 e. The number of amides is 2. The first-order valence-corrected chi connectivity index (χ1v) is 12.1. The Labute approximate surface area is 196 Å². The fraction of sp³-hybridized carbons (Fsp3) is 0.393. The molecule has 0 radical (unpaired) electrons. The van der Waals surface area contributed by atoms with Gasteiger partial charge in [0.15, 0.2) is 0 Å². The van der Waals surface area contributed by atoms with Crippen molar-refractivity contribution >= 4 is 22.5 Å². The molecule has 1 aliphatic carbocycles. The molecule has 3 aromatic carbocycles. The molecule has 0 aromatic heterocycles. The quantitative estimate of drug-likeness (QED) is 0.389. The molecular formula is C28H34N2O3. The maximum atomic E-state index is 13.0. The van der Waals surface area contributed by atoms with Gasteiger partial charge >= 0.3 is 6.03 Å². The van der Waals surface area contributed by atoms with Crippen molar-refractivity contribution < 1.29 is 14.3 Å². The van der Waals surface area contributed by atoms with E-state index in [1.807, 2.05) is 44.2 Å². The second-order valence-corrected chi connectivity index (χ2v) is 8.63. The van der Waals surface area contributed by atoms with Crippen LogP contribution in [0.2, 0.25) is 0 Å². The van der Waals surface area contributed by atoms with Crippen molar-refractivity contribution in [3.63, 3.8) is 0 Å². The maximum absolute atomic E-state index is 13.0. The summed E-state index contributed by atoms with van der Waals surface area (Å²) in [5.41, 5.74) is 1.90. The highest BCUT2D eigenvalue weighted by Gasteiger charge is 2.27. The Kier molecular flexibility index (Phi) is 7.71. The zero-order chi connectivity index (χ0) is 23.0. The summed E-state index contributed by atoms with van der Waals surface area (Å²) < 4.78 is 11.1. The van der Waals surface area contributed by atoms with Crippen molar-refractivity contribution in [1.82, 2.24) is 5.32 Å². The third kappa shape index (κ3) is 5.98. The third-order valence-electron chi connectivity index (χ3n) is 6.34. The number of ether oxygens (including phenoxy) is 2. The minimum absolute atomic E-state index is 0.0241. The van der Waals surface area contributed by atoms with E-state index in [0.29, 0.717) is 19.1 Å². The van der Waals surface area contributed by atoms with Crippen LogP contribution in [0.5, 0.6) is 11.5 Å². The minimum atomic E-state index is -0.179. The van der Waals surface area contributed by atoms with Crippen LogP contribution in [0.4, 0.5) is 10.5 Å². The van der Waals surface area contributed by atoms with Gasteiger partial charge in [-0.25, -0.2) is 4.79 Å².